The predicted octanol–water partition coefficient (Wildman–Crippen LogP) is 5.01. The highest BCUT2D eigenvalue weighted by Crippen LogP contribution is 2.40. The molecule has 7 heteroatoms. The van der Waals surface area contributed by atoms with E-state index in [1.54, 1.807) is 0 Å². The van der Waals surface area contributed by atoms with E-state index in [4.69, 9.17) is 15.0 Å². The minimum Gasteiger partial charge on any atom is -0.455 e. The van der Waals surface area contributed by atoms with Gasteiger partial charge in [-0.1, -0.05) is 39.0 Å². The molecule has 0 amide bonds. The van der Waals surface area contributed by atoms with Gasteiger partial charge in [-0.05, 0) is 73.1 Å². The summed E-state index contributed by atoms with van der Waals surface area (Å²) in [4.78, 5) is 12.8. The van der Waals surface area contributed by atoms with Crippen LogP contribution in [0.3, 0.4) is 0 Å². The van der Waals surface area contributed by atoms with Gasteiger partial charge in [-0.15, -0.1) is 0 Å². The maximum atomic E-state index is 12.8. The van der Waals surface area contributed by atoms with Crippen LogP contribution in [-0.2, 0) is 14.0 Å². The molecule has 0 aliphatic carbocycles. The number of nitrogens with zero attached hydrogens (tertiary/aromatic N) is 1. The highest BCUT2D eigenvalue weighted by Gasteiger charge is 2.42. The first-order valence-electron chi connectivity index (χ1n) is 8.63. The van der Waals surface area contributed by atoms with Crippen molar-refractivity contribution in [2.75, 3.05) is 0 Å². The lowest BCUT2D eigenvalue weighted by atomic mass is 10.0. The molecule has 5 nitrogen and oxygen atoms in total. The monoisotopic (exact) mass is 490 g/mol. The van der Waals surface area contributed by atoms with Crippen LogP contribution in [-0.4, -0.2) is 25.6 Å². The lowest BCUT2D eigenvalue weighted by Crippen LogP contribution is -2.45. The van der Waals surface area contributed by atoms with Gasteiger partial charge < -0.3 is 15.0 Å². The number of hydrogen-bond acceptors (Lipinski definition) is 5. The van der Waals surface area contributed by atoms with E-state index in [-0.39, 0.29) is 10.7 Å². The molecule has 0 heterocycles. The molecule has 0 aliphatic heterocycles. The summed E-state index contributed by atoms with van der Waals surface area (Å²) >= 11 is 2.24. The van der Waals surface area contributed by atoms with E-state index >= 15 is 0 Å². The number of carbonyl (C=O) groups excluding carboxylic acids is 1. The Balaban J connectivity index is 3.41. The van der Waals surface area contributed by atoms with Crippen LogP contribution >= 0.6 is 22.6 Å². The topological polar surface area (TPSA) is 73.9 Å². The molecular formula is C19H31IN2O3Si. The van der Waals surface area contributed by atoms with E-state index in [2.05, 4.69) is 61.6 Å². The summed E-state index contributed by atoms with van der Waals surface area (Å²) < 4.78 is 13.1. The van der Waals surface area contributed by atoms with Gasteiger partial charge in [0.1, 0.15) is 11.7 Å². The highest BCUT2D eigenvalue weighted by atomic mass is 127. The first-order chi connectivity index (χ1) is 11.7. The Bertz CT molecular complexity index is 676. The zero-order valence-corrected chi connectivity index (χ0v) is 20.2. The lowest BCUT2D eigenvalue weighted by Gasteiger charge is -2.39. The van der Waals surface area contributed by atoms with Crippen molar-refractivity contribution in [3.05, 3.63) is 33.4 Å². The molecular weight excluding hydrogens is 459 g/mol. The van der Waals surface area contributed by atoms with E-state index in [0.29, 0.717) is 0 Å². The van der Waals surface area contributed by atoms with Gasteiger partial charge in [-0.2, -0.15) is 5.10 Å². The SMILES string of the molecule is CC(C)(C)OC(=O)/C(=N\N)C(O[Si](C)(C)C(C)(C)C)c1ccccc1I. The second-order valence-electron chi connectivity index (χ2n) is 8.80. The van der Waals surface area contributed by atoms with E-state index in [1.807, 2.05) is 45.0 Å². The van der Waals surface area contributed by atoms with Gasteiger partial charge in [0.25, 0.3) is 0 Å². The number of ether oxygens (including phenoxy) is 1. The molecule has 0 spiro atoms. The Morgan fingerprint density at radius 2 is 1.69 bits per heavy atom. The summed E-state index contributed by atoms with van der Waals surface area (Å²) in [5, 5.41) is 3.76. The molecule has 146 valence electrons. The van der Waals surface area contributed by atoms with E-state index in [0.717, 1.165) is 9.13 Å². The molecule has 0 aliphatic rings. The molecule has 0 saturated carbocycles. The Morgan fingerprint density at radius 3 is 2.12 bits per heavy atom. The van der Waals surface area contributed by atoms with Crippen molar-refractivity contribution in [3.63, 3.8) is 0 Å². The standard InChI is InChI=1S/C19H31IN2O3Si/c1-18(2,3)24-17(23)15(22-21)16(13-11-9-10-12-14(13)20)25-26(7,8)19(4,5)6/h9-12,16H,21H2,1-8H3/b22-15-. The van der Waals surface area contributed by atoms with Crippen LogP contribution in [0.4, 0.5) is 0 Å². The zero-order valence-electron chi connectivity index (χ0n) is 17.0. The van der Waals surface area contributed by atoms with Gasteiger partial charge >= 0.3 is 5.97 Å². The average molecular weight is 490 g/mol. The summed E-state index contributed by atoms with van der Waals surface area (Å²) in [5.41, 5.74) is 0.320. The summed E-state index contributed by atoms with van der Waals surface area (Å²) in [6.45, 7) is 16.2. The molecule has 1 unspecified atom stereocenters. The van der Waals surface area contributed by atoms with Crippen molar-refractivity contribution in [2.45, 2.75) is 71.4 Å². The Kier molecular flexibility index (Phi) is 7.46. The van der Waals surface area contributed by atoms with Crippen molar-refractivity contribution in [1.29, 1.82) is 0 Å². The molecule has 0 bridgehead atoms. The first-order valence-corrected chi connectivity index (χ1v) is 12.6. The molecule has 0 fully saturated rings. The fraction of sp³-hybridized carbons (Fsp3) is 0.579. The van der Waals surface area contributed by atoms with Gasteiger partial charge in [0, 0.05) is 3.57 Å². The van der Waals surface area contributed by atoms with Gasteiger partial charge in [0.2, 0.25) is 0 Å². The third kappa shape index (κ3) is 6.06. The van der Waals surface area contributed by atoms with Crippen LogP contribution in [0, 0.1) is 3.57 Å². The summed E-state index contributed by atoms with van der Waals surface area (Å²) in [5.74, 6) is 5.08. The number of rotatable bonds is 5. The van der Waals surface area contributed by atoms with Crippen LogP contribution in [0.25, 0.3) is 0 Å². The summed E-state index contributed by atoms with van der Waals surface area (Å²) in [7, 11) is -2.20. The Labute approximate surface area is 172 Å². The highest BCUT2D eigenvalue weighted by molar-refractivity contribution is 14.1. The average Bonchev–Trinajstić information content (AvgIpc) is 2.44. The van der Waals surface area contributed by atoms with E-state index < -0.39 is 26.0 Å². The van der Waals surface area contributed by atoms with Crippen molar-refractivity contribution in [1.82, 2.24) is 0 Å². The van der Waals surface area contributed by atoms with Gasteiger partial charge in [0.15, 0.2) is 14.0 Å². The van der Waals surface area contributed by atoms with Crippen LogP contribution in [0.1, 0.15) is 53.2 Å². The number of esters is 1. The first kappa shape index (κ1) is 23.1. The largest absolute Gasteiger partial charge is 0.455 e. The lowest BCUT2D eigenvalue weighted by molar-refractivity contribution is -0.146. The van der Waals surface area contributed by atoms with Crippen molar-refractivity contribution in [3.8, 4) is 0 Å². The molecule has 1 rings (SSSR count). The molecule has 1 aromatic rings. The minimum atomic E-state index is -2.20. The molecule has 0 aromatic heterocycles. The smallest absolute Gasteiger partial charge is 0.358 e. The summed E-state index contributed by atoms with van der Waals surface area (Å²) in [6.07, 6.45) is -0.663. The maximum absolute atomic E-state index is 12.8. The van der Waals surface area contributed by atoms with Crippen LogP contribution in [0.5, 0.6) is 0 Å². The quantitative estimate of drug-likeness (QED) is 0.157. The molecule has 1 atom stereocenters. The zero-order chi connectivity index (χ0) is 20.3. The van der Waals surface area contributed by atoms with Gasteiger partial charge in [0.05, 0.1) is 0 Å². The Morgan fingerprint density at radius 1 is 1.15 bits per heavy atom. The van der Waals surface area contributed by atoms with Crippen LogP contribution in [0.2, 0.25) is 18.1 Å². The second kappa shape index (κ2) is 8.39. The van der Waals surface area contributed by atoms with Gasteiger partial charge in [-0.3, -0.25) is 0 Å². The van der Waals surface area contributed by atoms with E-state index in [1.165, 1.54) is 0 Å². The molecule has 2 N–H and O–H groups in total. The fourth-order valence-corrected chi connectivity index (χ4v) is 3.84. The van der Waals surface area contributed by atoms with Crippen molar-refractivity contribution >= 4 is 42.6 Å². The number of halogens is 1. The molecule has 26 heavy (non-hydrogen) atoms. The van der Waals surface area contributed by atoms with Crippen molar-refractivity contribution in [2.24, 2.45) is 10.9 Å². The summed E-state index contributed by atoms with van der Waals surface area (Å²) in [6, 6.07) is 7.78. The van der Waals surface area contributed by atoms with Crippen molar-refractivity contribution < 1.29 is 14.0 Å². The third-order valence-electron chi connectivity index (χ3n) is 4.40. The number of nitrogens with two attached hydrogens (primary N) is 1. The molecule has 0 saturated heterocycles. The number of benzene rings is 1. The second-order valence-corrected chi connectivity index (χ2v) is 14.7. The number of hydrazone groups is 1. The minimum absolute atomic E-state index is 0.0287. The van der Waals surface area contributed by atoms with Crippen LogP contribution in [0.15, 0.2) is 29.4 Å². The molecule has 0 radical (unpaired) electrons. The number of hydrogen-bond donors (Lipinski definition) is 1. The predicted molar refractivity (Wildman–Crippen MR) is 118 cm³/mol. The van der Waals surface area contributed by atoms with Crippen LogP contribution < -0.4 is 5.84 Å². The normalized spacial score (nSPS) is 14.9. The maximum Gasteiger partial charge on any atom is 0.358 e. The third-order valence-corrected chi connectivity index (χ3v) is 9.82. The van der Waals surface area contributed by atoms with Gasteiger partial charge in [-0.25, -0.2) is 4.79 Å². The Hall–Kier alpha value is -0.933. The fourth-order valence-electron chi connectivity index (χ4n) is 1.98. The molecule has 1 aromatic carbocycles. The number of carbonyl (C=O) groups is 1. The van der Waals surface area contributed by atoms with E-state index in [9.17, 15) is 4.79 Å².